The molecule has 0 saturated heterocycles. The Kier molecular flexibility index (Phi) is 4.96. The van der Waals surface area contributed by atoms with Crippen LogP contribution in [0.5, 0.6) is 0 Å². The summed E-state index contributed by atoms with van der Waals surface area (Å²) in [7, 11) is 0. The van der Waals surface area contributed by atoms with Gasteiger partial charge >= 0.3 is 0 Å². The van der Waals surface area contributed by atoms with Crippen molar-refractivity contribution in [2.24, 2.45) is 0 Å². The lowest BCUT2D eigenvalue weighted by atomic mass is 10.1. The second kappa shape index (κ2) is 7.32. The predicted molar refractivity (Wildman–Crippen MR) is 97.5 cm³/mol. The summed E-state index contributed by atoms with van der Waals surface area (Å²) in [5.74, 6) is 1.15. The van der Waals surface area contributed by atoms with E-state index in [0.29, 0.717) is 0 Å². The number of nitrogens with two attached hydrogens (primary N) is 1. The van der Waals surface area contributed by atoms with Crippen LogP contribution in [0.2, 0.25) is 0 Å². The van der Waals surface area contributed by atoms with Crippen LogP contribution < -0.4 is 5.73 Å². The molecule has 0 amide bonds. The van der Waals surface area contributed by atoms with Gasteiger partial charge in [-0.25, -0.2) is 4.98 Å². The normalized spacial score (nSPS) is 11.2. The Hall–Kier alpha value is -2.29. The quantitative estimate of drug-likeness (QED) is 0.504. The molecule has 23 heavy (non-hydrogen) atoms. The number of anilines is 1. The van der Waals surface area contributed by atoms with Crippen LogP contribution in [0.15, 0.2) is 48.5 Å². The van der Waals surface area contributed by atoms with Crippen molar-refractivity contribution < 1.29 is 0 Å². The summed E-state index contributed by atoms with van der Waals surface area (Å²) in [6, 6.07) is 16.5. The number of hydrogen-bond acceptors (Lipinski definition) is 2. The highest BCUT2D eigenvalue weighted by atomic mass is 15.1. The zero-order valence-electron chi connectivity index (χ0n) is 13.8. The Balaban J connectivity index is 1.86. The summed E-state index contributed by atoms with van der Waals surface area (Å²) in [5.41, 5.74) is 10.2. The van der Waals surface area contributed by atoms with Gasteiger partial charge in [0.05, 0.1) is 11.0 Å². The summed E-state index contributed by atoms with van der Waals surface area (Å²) in [6.45, 7) is 3.30. The number of nitrogens with zero attached hydrogens (tertiary/aromatic N) is 2. The van der Waals surface area contributed by atoms with Crippen molar-refractivity contribution in [3.05, 3.63) is 59.9 Å². The van der Waals surface area contributed by atoms with Gasteiger partial charge in [-0.3, -0.25) is 0 Å². The lowest BCUT2D eigenvalue weighted by Gasteiger charge is -2.09. The van der Waals surface area contributed by atoms with E-state index in [1.165, 1.54) is 36.8 Å². The average molecular weight is 307 g/mol. The van der Waals surface area contributed by atoms with E-state index in [-0.39, 0.29) is 0 Å². The van der Waals surface area contributed by atoms with Crippen LogP contribution >= 0.6 is 0 Å². The van der Waals surface area contributed by atoms with Gasteiger partial charge < -0.3 is 10.3 Å². The number of unbranched alkanes of at least 4 members (excludes halogenated alkanes) is 3. The minimum absolute atomic E-state index is 0.807. The second-order valence-corrected chi connectivity index (χ2v) is 6.15. The maximum atomic E-state index is 5.78. The number of aromatic nitrogens is 2. The molecule has 0 fully saturated rings. The van der Waals surface area contributed by atoms with E-state index in [9.17, 15) is 0 Å². The lowest BCUT2D eigenvalue weighted by Crippen LogP contribution is -2.05. The number of hydrogen-bond donors (Lipinski definition) is 1. The molecule has 2 aromatic carbocycles. The molecule has 3 rings (SSSR count). The molecule has 0 radical (unpaired) electrons. The second-order valence-electron chi connectivity index (χ2n) is 6.15. The highest BCUT2D eigenvalue weighted by Crippen LogP contribution is 2.20. The van der Waals surface area contributed by atoms with Crippen molar-refractivity contribution in [3.8, 4) is 0 Å². The SMILES string of the molecule is CCCCCCn1c(Cc2ccc(N)cc2)nc2ccccc21. The van der Waals surface area contributed by atoms with E-state index in [1.54, 1.807) is 0 Å². The van der Waals surface area contributed by atoms with Crippen LogP contribution in [0.3, 0.4) is 0 Å². The molecule has 0 aliphatic rings. The Morgan fingerprint density at radius 3 is 2.52 bits per heavy atom. The topological polar surface area (TPSA) is 43.8 Å². The summed E-state index contributed by atoms with van der Waals surface area (Å²) >= 11 is 0. The third kappa shape index (κ3) is 3.73. The standard InChI is InChI=1S/C20H25N3/c1-2-3-4-7-14-23-19-9-6-5-8-18(19)22-20(23)15-16-10-12-17(21)13-11-16/h5-6,8-13H,2-4,7,14-15,21H2,1H3. The van der Waals surface area contributed by atoms with Gasteiger partial charge in [-0.05, 0) is 36.2 Å². The molecule has 3 nitrogen and oxygen atoms in total. The van der Waals surface area contributed by atoms with Gasteiger partial charge in [-0.15, -0.1) is 0 Å². The average Bonchev–Trinajstić information content (AvgIpc) is 2.91. The van der Waals surface area contributed by atoms with Gasteiger partial charge in [0, 0.05) is 18.7 Å². The van der Waals surface area contributed by atoms with E-state index < -0.39 is 0 Å². The van der Waals surface area contributed by atoms with E-state index in [0.717, 1.165) is 30.0 Å². The van der Waals surface area contributed by atoms with Crippen LogP contribution in [0, 0.1) is 0 Å². The Morgan fingerprint density at radius 2 is 1.74 bits per heavy atom. The zero-order chi connectivity index (χ0) is 16.1. The first-order valence-corrected chi connectivity index (χ1v) is 8.56. The number of para-hydroxylation sites is 2. The molecular weight excluding hydrogens is 282 g/mol. The van der Waals surface area contributed by atoms with E-state index in [1.807, 2.05) is 12.1 Å². The molecule has 0 spiro atoms. The molecule has 3 heteroatoms. The van der Waals surface area contributed by atoms with E-state index in [4.69, 9.17) is 10.7 Å². The third-order valence-electron chi connectivity index (χ3n) is 4.31. The van der Waals surface area contributed by atoms with Crippen LogP contribution in [0.4, 0.5) is 5.69 Å². The summed E-state index contributed by atoms with van der Waals surface area (Å²) in [4.78, 5) is 4.86. The highest BCUT2D eigenvalue weighted by molar-refractivity contribution is 5.76. The molecule has 2 N–H and O–H groups in total. The molecule has 0 bridgehead atoms. The molecule has 1 aromatic heterocycles. The first kappa shape index (κ1) is 15.6. The molecular formula is C20H25N3. The van der Waals surface area contributed by atoms with Gasteiger partial charge in [0.15, 0.2) is 0 Å². The number of nitrogen functional groups attached to an aromatic ring is 1. The number of rotatable bonds is 7. The lowest BCUT2D eigenvalue weighted by molar-refractivity contribution is 0.578. The predicted octanol–water partition coefficient (Wildman–Crippen LogP) is 4.79. The number of benzene rings is 2. The number of aryl methyl sites for hydroxylation is 1. The van der Waals surface area contributed by atoms with Crippen LogP contribution in [-0.4, -0.2) is 9.55 Å². The summed E-state index contributed by atoms with van der Waals surface area (Å²) in [6.07, 6.45) is 5.92. The molecule has 3 aromatic rings. The van der Waals surface area contributed by atoms with Gasteiger partial charge in [0.25, 0.3) is 0 Å². The van der Waals surface area contributed by atoms with Crippen molar-refractivity contribution in [2.75, 3.05) is 5.73 Å². The fourth-order valence-corrected chi connectivity index (χ4v) is 3.02. The van der Waals surface area contributed by atoms with Gasteiger partial charge in [-0.1, -0.05) is 50.5 Å². The fraction of sp³-hybridized carbons (Fsp3) is 0.350. The highest BCUT2D eigenvalue weighted by Gasteiger charge is 2.10. The zero-order valence-corrected chi connectivity index (χ0v) is 13.8. The minimum atomic E-state index is 0.807. The number of fused-ring (bicyclic) bond motifs is 1. The van der Waals surface area contributed by atoms with E-state index in [2.05, 4.69) is 47.9 Å². The van der Waals surface area contributed by atoms with Crippen LogP contribution in [-0.2, 0) is 13.0 Å². The molecule has 0 saturated carbocycles. The van der Waals surface area contributed by atoms with Gasteiger partial charge in [0.2, 0.25) is 0 Å². The Labute approximate surface area is 138 Å². The van der Waals surface area contributed by atoms with E-state index >= 15 is 0 Å². The van der Waals surface area contributed by atoms with Crippen molar-refractivity contribution in [3.63, 3.8) is 0 Å². The van der Waals surface area contributed by atoms with Gasteiger partial charge in [0.1, 0.15) is 5.82 Å². The van der Waals surface area contributed by atoms with Gasteiger partial charge in [-0.2, -0.15) is 0 Å². The molecule has 0 aliphatic heterocycles. The number of imidazole rings is 1. The first-order chi connectivity index (χ1) is 11.3. The smallest absolute Gasteiger partial charge is 0.114 e. The van der Waals surface area contributed by atoms with Crippen molar-refractivity contribution >= 4 is 16.7 Å². The van der Waals surface area contributed by atoms with Crippen LogP contribution in [0.25, 0.3) is 11.0 Å². The molecule has 0 unspecified atom stereocenters. The molecule has 0 atom stereocenters. The van der Waals surface area contributed by atoms with Crippen LogP contribution in [0.1, 0.15) is 44.0 Å². The third-order valence-corrected chi connectivity index (χ3v) is 4.31. The summed E-state index contributed by atoms with van der Waals surface area (Å²) < 4.78 is 2.39. The molecule has 0 aliphatic carbocycles. The van der Waals surface area contributed by atoms with Crippen molar-refractivity contribution in [1.82, 2.24) is 9.55 Å². The minimum Gasteiger partial charge on any atom is -0.399 e. The largest absolute Gasteiger partial charge is 0.399 e. The first-order valence-electron chi connectivity index (χ1n) is 8.56. The Bertz CT molecular complexity index is 756. The fourth-order valence-electron chi connectivity index (χ4n) is 3.02. The molecule has 120 valence electrons. The van der Waals surface area contributed by atoms with Crippen molar-refractivity contribution in [2.45, 2.75) is 45.6 Å². The molecule has 1 heterocycles. The maximum Gasteiger partial charge on any atom is 0.114 e. The summed E-state index contributed by atoms with van der Waals surface area (Å²) in [5, 5.41) is 0. The monoisotopic (exact) mass is 307 g/mol. The maximum absolute atomic E-state index is 5.78. The van der Waals surface area contributed by atoms with Crippen molar-refractivity contribution in [1.29, 1.82) is 0 Å². The Morgan fingerprint density at radius 1 is 0.957 bits per heavy atom.